The number of hydrogen-bond acceptors (Lipinski definition) is 5. The molecule has 3 heterocycles. The van der Waals surface area contributed by atoms with Crippen LogP contribution in [0.1, 0.15) is 17.5 Å². The fourth-order valence-electron chi connectivity index (χ4n) is 3.62. The van der Waals surface area contributed by atoms with Gasteiger partial charge in [-0.2, -0.15) is 0 Å². The van der Waals surface area contributed by atoms with Crippen LogP contribution in [0, 0.1) is 6.92 Å². The van der Waals surface area contributed by atoms with Gasteiger partial charge in [-0.05, 0) is 36.4 Å². The average molecular weight is 377 g/mol. The maximum atomic E-state index is 12.6. The quantitative estimate of drug-likeness (QED) is 0.751. The molecule has 1 amide bonds. The van der Waals surface area contributed by atoms with Gasteiger partial charge in [-0.3, -0.25) is 9.59 Å². The van der Waals surface area contributed by atoms with E-state index in [1.807, 2.05) is 36.1 Å². The summed E-state index contributed by atoms with van der Waals surface area (Å²) >= 11 is 0. The zero-order valence-corrected chi connectivity index (χ0v) is 15.9. The molecule has 7 heteroatoms. The Labute approximate surface area is 163 Å². The summed E-state index contributed by atoms with van der Waals surface area (Å²) in [6.07, 6.45) is 4.23. The molecule has 1 aromatic carbocycles. The Hall–Kier alpha value is -3.22. The van der Waals surface area contributed by atoms with E-state index in [2.05, 4.69) is 19.9 Å². The molecule has 0 aliphatic carbocycles. The highest BCUT2D eigenvalue weighted by Gasteiger charge is 2.22. The minimum atomic E-state index is -0.111. The Balaban J connectivity index is 1.37. The van der Waals surface area contributed by atoms with Crippen LogP contribution in [0.25, 0.3) is 10.9 Å². The molecule has 2 aromatic heterocycles. The zero-order chi connectivity index (χ0) is 19.5. The number of nitrogens with zero attached hydrogens (tertiary/aromatic N) is 4. The number of hydrogen-bond donors (Lipinski definition) is 1. The molecule has 28 heavy (non-hydrogen) atoms. The number of para-hydroxylation sites is 1. The number of H-pyrrole nitrogens is 1. The van der Waals surface area contributed by atoms with Gasteiger partial charge in [0.15, 0.2) is 0 Å². The smallest absolute Gasteiger partial charge is 0.251 e. The van der Waals surface area contributed by atoms with Crippen molar-refractivity contribution >= 4 is 22.8 Å². The number of aryl methyl sites for hydroxylation is 2. The minimum Gasteiger partial charge on any atom is -0.339 e. The Morgan fingerprint density at radius 3 is 2.61 bits per heavy atom. The highest BCUT2D eigenvalue weighted by atomic mass is 16.2. The van der Waals surface area contributed by atoms with Crippen molar-refractivity contribution in [3.8, 4) is 0 Å². The number of anilines is 1. The molecule has 1 fully saturated rings. The molecule has 7 nitrogen and oxygen atoms in total. The van der Waals surface area contributed by atoms with E-state index >= 15 is 0 Å². The first-order chi connectivity index (χ1) is 13.6. The van der Waals surface area contributed by atoms with Gasteiger partial charge in [0.25, 0.3) is 5.56 Å². The number of pyridine rings is 1. The first-order valence-electron chi connectivity index (χ1n) is 9.53. The van der Waals surface area contributed by atoms with Crippen molar-refractivity contribution in [1.82, 2.24) is 19.9 Å². The lowest BCUT2D eigenvalue weighted by atomic mass is 10.1. The highest BCUT2D eigenvalue weighted by Crippen LogP contribution is 2.16. The van der Waals surface area contributed by atoms with E-state index in [4.69, 9.17) is 0 Å². The van der Waals surface area contributed by atoms with Gasteiger partial charge in [-0.1, -0.05) is 18.2 Å². The first kappa shape index (κ1) is 18.2. The number of nitrogens with one attached hydrogen (secondary N) is 1. The zero-order valence-electron chi connectivity index (χ0n) is 15.9. The molecule has 1 N–H and O–H groups in total. The number of piperazine rings is 1. The number of benzene rings is 1. The standard InChI is InChI=1S/C21H23N5O2/c1-15-4-2-5-16-14-17(20(28)24-19(15)16)6-7-18(27)25-10-12-26(13-11-25)21-22-8-3-9-23-21/h2-5,8-9,14H,6-7,10-13H2,1H3,(H,24,28). The van der Waals surface area contributed by atoms with E-state index in [1.165, 1.54) is 0 Å². The largest absolute Gasteiger partial charge is 0.339 e. The van der Waals surface area contributed by atoms with Crippen LogP contribution >= 0.6 is 0 Å². The third-order valence-electron chi connectivity index (χ3n) is 5.24. The molecule has 0 radical (unpaired) electrons. The molecule has 144 valence electrons. The summed E-state index contributed by atoms with van der Waals surface area (Å²) in [6.45, 7) is 4.69. The second-order valence-corrected chi connectivity index (χ2v) is 7.08. The molecule has 3 aromatic rings. The summed E-state index contributed by atoms with van der Waals surface area (Å²) in [6, 6.07) is 9.62. The summed E-state index contributed by atoms with van der Waals surface area (Å²) in [5, 5.41) is 0.999. The van der Waals surface area contributed by atoms with Gasteiger partial charge in [-0.25, -0.2) is 9.97 Å². The predicted molar refractivity (Wildman–Crippen MR) is 108 cm³/mol. The molecular weight excluding hydrogens is 354 g/mol. The monoisotopic (exact) mass is 377 g/mol. The fraction of sp³-hybridized carbons (Fsp3) is 0.333. The van der Waals surface area contributed by atoms with E-state index in [1.54, 1.807) is 18.5 Å². The number of carbonyl (C=O) groups is 1. The maximum Gasteiger partial charge on any atom is 0.251 e. The molecule has 4 rings (SSSR count). The number of fused-ring (bicyclic) bond motifs is 1. The van der Waals surface area contributed by atoms with Gasteiger partial charge in [0, 0.05) is 50.6 Å². The van der Waals surface area contributed by atoms with E-state index in [9.17, 15) is 9.59 Å². The van der Waals surface area contributed by atoms with Crippen LogP contribution in [-0.2, 0) is 11.2 Å². The van der Waals surface area contributed by atoms with E-state index in [-0.39, 0.29) is 11.5 Å². The van der Waals surface area contributed by atoms with E-state index in [0.29, 0.717) is 50.5 Å². The van der Waals surface area contributed by atoms with Crippen molar-refractivity contribution in [3.63, 3.8) is 0 Å². The van der Waals surface area contributed by atoms with Gasteiger partial charge >= 0.3 is 0 Å². The average Bonchev–Trinajstić information content (AvgIpc) is 2.73. The molecular formula is C21H23N5O2. The van der Waals surface area contributed by atoms with Crippen LogP contribution in [0.15, 0.2) is 47.5 Å². The van der Waals surface area contributed by atoms with Crippen LogP contribution in [0.2, 0.25) is 0 Å². The minimum absolute atomic E-state index is 0.0809. The highest BCUT2D eigenvalue weighted by molar-refractivity contribution is 5.82. The Bertz CT molecular complexity index is 1040. The SMILES string of the molecule is Cc1cccc2cc(CCC(=O)N3CCN(c4ncccn4)CC3)c(=O)[nH]c12. The summed E-state index contributed by atoms with van der Waals surface area (Å²) in [4.78, 5) is 40.4. The van der Waals surface area contributed by atoms with Crippen LogP contribution in [-0.4, -0.2) is 51.9 Å². The third kappa shape index (κ3) is 3.74. The first-order valence-corrected chi connectivity index (χ1v) is 9.53. The fourth-order valence-corrected chi connectivity index (χ4v) is 3.62. The second-order valence-electron chi connectivity index (χ2n) is 7.08. The van der Waals surface area contributed by atoms with Gasteiger partial charge in [0.05, 0.1) is 5.52 Å². The van der Waals surface area contributed by atoms with Crippen molar-refractivity contribution < 1.29 is 4.79 Å². The number of carbonyl (C=O) groups excluding carboxylic acids is 1. The number of amides is 1. The van der Waals surface area contributed by atoms with Crippen molar-refractivity contribution in [2.45, 2.75) is 19.8 Å². The number of rotatable bonds is 4. The van der Waals surface area contributed by atoms with Crippen molar-refractivity contribution in [2.75, 3.05) is 31.1 Å². The Morgan fingerprint density at radius 2 is 1.86 bits per heavy atom. The van der Waals surface area contributed by atoms with Gasteiger partial charge in [-0.15, -0.1) is 0 Å². The normalized spacial score (nSPS) is 14.5. The van der Waals surface area contributed by atoms with Gasteiger partial charge < -0.3 is 14.8 Å². The lowest BCUT2D eigenvalue weighted by Crippen LogP contribution is -2.49. The predicted octanol–water partition coefficient (Wildman–Crippen LogP) is 1.91. The van der Waals surface area contributed by atoms with E-state index in [0.717, 1.165) is 16.5 Å². The van der Waals surface area contributed by atoms with Crippen molar-refractivity contribution in [2.24, 2.45) is 0 Å². The summed E-state index contributed by atoms with van der Waals surface area (Å²) < 4.78 is 0. The van der Waals surface area contributed by atoms with E-state index < -0.39 is 0 Å². The lowest BCUT2D eigenvalue weighted by Gasteiger charge is -2.34. The molecule has 0 spiro atoms. The van der Waals surface area contributed by atoms with Crippen LogP contribution in [0.4, 0.5) is 5.95 Å². The Kier molecular flexibility index (Phi) is 5.06. The molecule has 1 aliphatic heterocycles. The molecule has 1 aliphatic rings. The number of aromatic nitrogens is 3. The number of aromatic amines is 1. The topological polar surface area (TPSA) is 82.2 Å². The van der Waals surface area contributed by atoms with Gasteiger partial charge in [0.1, 0.15) is 0 Å². The van der Waals surface area contributed by atoms with Crippen LogP contribution in [0.5, 0.6) is 0 Å². The summed E-state index contributed by atoms with van der Waals surface area (Å²) in [5.74, 6) is 0.782. The molecule has 1 saturated heterocycles. The molecule has 0 unspecified atom stereocenters. The third-order valence-corrected chi connectivity index (χ3v) is 5.24. The lowest BCUT2D eigenvalue weighted by molar-refractivity contribution is -0.131. The molecule has 0 saturated carbocycles. The summed E-state index contributed by atoms with van der Waals surface area (Å²) in [5.41, 5.74) is 2.45. The maximum absolute atomic E-state index is 12.6. The second kappa shape index (κ2) is 7.80. The van der Waals surface area contributed by atoms with Crippen LogP contribution in [0.3, 0.4) is 0 Å². The van der Waals surface area contributed by atoms with Crippen molar-refractivity contribution in [1.29, 1.82) is 0 Å². The van der Waals surface area contributed by atoms with Crippen molar-refractivity contribution in [3.05, 3.63) is 64.2 Å². The van der Waals surface area contributed by atoms with Gasteiger partial charge in [0.2, 0.25) is 11.9 Å². The summed E-state index contributed by atoms with van der Waals surface area (Å²) in [7, 11) is 0. The molecule has 0 atom stereocenters. The Morgan fingerprint density at radius 1 is 1.11 bits per heavy atom. The van der Waals surface area contributed by atoms with Crippen LogP contribution < -0.4 is 10.5 Å². The molecule has 0 bridgehead atoms.